The summed E-state index contributed by atoms with van der Waals surface area (Å²) in [5, 5.41) is 11.4. The number of nitrogens with one attached hydrogen (secondary N) is 1. The molecule has 0 spiro atoms. The van der Waals surface area contributed by atoms with E-state index in [4.69, 9.17) is 4.74 Å². The molecule has 0 saturated heterocycles. The SMILES string of the molecule is CNC(Cc1cn(C)nn1)c1ccc(OC)c(Br)c1. The van der Waals surface area contributed by atoms with Crippen LogP contribution in [0.4, 0.5) is 0 Å². The molecule has 5 nitrogen and oxygen atoms in total. The van der Waals surface area contributed by atoms with Crippen molar-refractivity contribution >= 4 is 15.9 Å². The van der Waals surface area contributed by atoms with E-state index >= 15 is 0 Å². The molecule has 0 aliphatic heterocycles. The van der Waals surface area contributed by atoms with Crippen molar-refractivity contribution < 1.29 is 4.74 Å². The second kappa shape index (κ2) is 6.16. The van der Waals surface area contributed by atoms with E-state index in [1.807, 2.05) is 26.4 Å². The molecule has 1 unspecified atom stereocenters. The Bertz CT molecular complexity index is 555. The molecular weight excluding hydrogens is 308 g/mol. The Hall–Kier alpha value is -1.40. The highest BCUT2D eigenvalue weighted by molar-refractivity contribution is 9.10. The molecule has 1 heterocycles. The molecule has 2 aromatic rings. The van der Waals surface area contributed by atoms with Gasteiger partial charge in [0.05, 0.1) is 17.3 Å². The molecule has 0 aliphatic rings. The summed E-state index contributed by atoms with van der Waals surface area (Å²) in [7, 11) is 5.48. The molecule has 0 saturated carbocycles. The maximum atomic E-state index is 5.24. The van der Waals surface area contributed by atoms with E-state index in [0.29, 0.717) is 0 Å². The third kappa shape index (κ3) is 3.33. The van der Waals surface area contributed by atoms with Crippen LogP contribution in [0.3, 0.4) is 0 Å². The predicted octanol–water partition coefficient (Wildman–Crippen LogP) is 2.09. The Labute approximate surface area is 121 Å². The Morgan fingerprint density at radius 1 is 1.47 bits per heavy atom. The number of hydrogen-bond acceptors (Lipinski definition) is 4. The standard InChI is InChI=1S/C13H17BrN4O/c1-15-12(7-10-8-18(2)17-16-10)9-4-5-13(19-3)11(14)6-9/h4-6,8,12,15H,7H2,1-3H3. The summed E-state index contributed by atoms with van der Waals surface area (Å²) < 4.78 is 7.91. The highest BCUT2D eigenvalue weighted by Crippen LogP contribution is 2.28. The molecule has 1 atom stereocenters. The summed E-state index contributed by atoms with van der Waals surface area (Å²) in [6.07, 6.45) is 2.73. The van der Waals surface area contributed by atoms with E-state index in [9.17, 15) is 0 Å². The number of nitrogens with zero attached hydrogens (tertiary/aromatic N) is 3. The number of aromatic nitrogens is 3. The van der Waals surface area contributed by atoms with Crippen molar-refractivity contribution in [3.8, 4) is 5.75 Å². The van der Waals surface area contributed by atoms with Crippen LogP contribution in [0.25, 0.3) is 0 Å². The van der Waals surface area contributed by atoms with Gasteiger partial charge < -0.3 is 10.1 Å². The first-order valence-electron chi connectivity index (χ1n) is 6.00. The number of ether oxygens (including phenoxy) is 1. The highest BCUT2D eigenvalue weighted by atomic mass is 79.9. The lowest BCUT2D eigenvalue weighted by Crippen LogP contribution is -2.19. The van der Waals surface area contributed by atoms with Gasteiger partial charge in [-0.25, -0.2) is 0 Å². The minimum Gasteiger partial charge on any atom is -0.496 e. The number of benzene rings is 1. The van der Waals surface area contributed by atoms with Crippen molar-refractivity contribution in [1.29, 1.82) is 0 Å². The van der Waals surface area contributed by atoms with Crippen molar-refractivity contribution in [2.75, 3.05) is 14.2 Å². The van der Waals surface area contributed by atoms with Crippen LogP contribution in [-0.2, 0) is 13.5 Å². The Morgan fingerprint density at radius 3 is 2.79 bits per heavy atom. The molecule has 1 aromatic heterocycles. The van der Waals surface area contributed by atoms with E-state index < -0.39 is 0 Å². The van der Waals surface area contributed by atoms with Gasteiger partial charge in [0.2, 0.25) is 0 Å². The van der Waals surface area contributed by atoms with Gasteiger partial charge in [-0.2, -0.15) is 0 Å². The van der Waals surface area contributed by atoms with Crippen LogP contribution in [-0.4, -0.2) is 29.2 Å². The average molecular weight is 325 g/mol. The summed E-state index contributed by atoms with van der Waals surface area (Å²) in [6.45, 7) is 0. The fourth-order valence-electron chi connectivity index (χ4n) is 1.98. The van der Waals surface area contributed by atoms with Crippen LogP contribution in [0, 0.1) is 0 Å². The summed E-state index contributed by atoms with van der Waals surface area (Å²) in [5.74, 6) is 0.832. The number of aryl methyl sites for hydroxylation is 1. The van der Waals surface area contributed by atoms with Crippen LogP contribution in [0.15, 0.2) is 28.9 Å². The predicted molar refractivity (Wildman–Crippen MR) is 77.2 cm³/mol. The van der Waals surface area contributed by atoms with Crippen molar-refractivity contribution in [1.82, 2.24) is 20.3 Å². The second-order valence-corrected chi connectivity index (χ2v) is 5.18. The minimum absolute atomic E-state index is 0.193. The van der Waals surface area contributed by atoms with Gasteiger partial charge in [-0.15, -0.1) is 5.10 Å². The maximum Gasteiger partial charge on any atom is 0.133 e. The quantitative estimate of drug-likeness (QED) is 0.915. The number of likely N-dealkylation sites (N-methyl/N-ethyl adjacent to an activating group) is 1. The van der Waals surface area contributed by atoms with Gasteiger partial charge in [-0.05, 0) is 40.7 Å². The Morgan fingerprint density at radius 2 is 2.26 bits per heavy atom. The van der Waals surface area contributed by atoms with Gasteiger partial charge >= 0.3 is 0 Å². The molecule has 102 valence electrons. The number of rotatable bonds is 5. The lowest BCUT2D eigenvalue weighted by molar-refractivity contribution is 0.411. The molecule has 0 bridgehead atoms. The molecule has 0 amide bonds. The molecule has 0 fully saturated rings. The topological polar surface area (TPSA) is 52.0 Å². The van der Waals surface area contributed by atoms with E-state index in [-0.39, 0.29) is 6.04 Å². The van der Waals surface area contributed by atoms with Crippen LogP contribution in [0.2, 0.25) is 0 Å². The third-order valence-electron chi connectivity index (χ3n) is 2.99. The van der Waals surface area contributed by atoms with Crippen molar-refractivity contribution in [3.63, 3.8) is 0 Å². The first-order valence-corrected chi connectivity index (χ1v) is 6.79. The summed E-state index contributed by atoms with van der Waals surface area (Å²) >= 11 is 3.51. The van der Waals surface area contributed by atoms with E-state index in [1.54, 1.807) is 11.8 Å². The molecule has 19 heavy (non-hydrogen) atoms. The summed E-state index contributed by atoms with van der Waals surface area (Å²) in [4.78, 5) is 0. The number of methoxy groups -OCH3 is 1. The normalized spacial score (nSPS) is 12.4. The third-order valence-corrected chi connectivity index (χ3v) is 3.61. The van der Waals surface area contributed by atoms with Crippen LogP contribution in [0.1, 0.15) is 17.3 Å². The lowest BCUT2D eigenvalue weighted by atomic mass is 10.0. The van der Waals surface area contributed by atoms with Gasteiger partial charge in [-0.3, -0.25) is 4.68 Å². The maximum absolute atomic E-state index is 5.24. The second-order valence-electron chi connectivity index (χ2n) is 4.32. The molecule has 0 radical (unpaired) electrons. The fraction of sp³-hybridized carbons (Fsp3) is 0.385. The zero-order valence-electron chi connectivity index (χ0n) is 11.2. The molecule has 1 N–H and O–H groups in total. The molecule has 6 heteroatoms. The molecule has 1 aromatic carbocycles. The van der Waals surface area contributed by atoms with Crippen LogP contribution >= 0.6 is 15.9 Å². The number of halogens is 1. The van der Waals surface area contributed by atoms with Gasteiger partial charge in [0, 0.05) is 25.7 Å². The number of hydrogen-bond donors (Lipinski definition) is 1. The zero-order valence-corrected chi connectivity index (χ0v) is 12.8. The highest BCUT2D eigenvalue weighted by Gasteiger charge is 2.14. The monoisotopic (exact) mass is 324 g/mol. The largest absolute Gasteiger partial charge is 0.496 e. The van der Waals surface area contributed by atoms with Crippen molar-refractivity contribution in [2.45, 2.75) is 12.5 Å². The first kappa shape index (κ1) is 14.0. The molecule has 2 rings (SSSR count). The van der Waals surface area contributed by atoms with Crippen LogP contribution < -0.4 is 10.1 Å². The molecular formula is C13H17BrN4O. The zero-order chi connectivity index (χ0) is 13.8. The molecule has 0 aliphatic carbocycles. The van der Waals surface area contributed by atoms with Gasteiger partial charge in [0.25, 0.3) is 0 Å². The average Bonchev–Trinajstić information content (AvgIpc) is 2.81. The fourth-order valence-corrected chi connectivity index (χ4v) is 2.54. The van der Waals surface area contributed by atoms with Crippen molar-refractivity contribution in [2.24, 2.45) is 7.05 Å². The Balaban J connectivity index is 2.19. The van der Waals surface area contributed by atoms with Gasteiger partial charge in [0.1, 0.15) is 5.75 Å². The van der Waals surface area contributed by atoms with E-state index in [1.165, 1.54) is 5.56 Å². The van der Waals surface area contributed by atoms with E-state index in [2.05, 4.69) is 43.7 Å². The Kier molecular flexibility index (Phi) is 4.55. The van der Waals surface area contributed by atoms with Gasteiger partial charge in [0.15, 0.2) is 0 Å². The summed E-state index contributed by atoms with van der Waals surface area (Å²) in [6, 6.07) is 6.27. The summed E-state index contributed by atoms with van der Waals surface area (Å²) in [5.41, 5.74) is 2.15. The van der Waals surface area contributed by atoms with Crippen molar-refractivity contribution in [3.05, 3.63) is 40.1 Å². The minimum atomic E-state index is 0.193. The van der Waals surface area contributed by atoms with Crippen LogP contribution in [0.5, 0.6) is 5.75 Å². The van der Waals surface area contributed by atoms with E-state index in [0.717, 1.165) is 22.3 Å². The lowest BCUT2D eigenvalue weighted by Gasteiger charge is -2.16. The first-order chi connectivity index (χ1) is 9.13. The smallest absolute Gasteiger partial charge is 0.133 e. The van der Waals surface area contributed by atoms with Gasteiger partial charge in [-0.1, -0.05) is 11.3 Å².